The molecular weight excluding hydrogens is 376 g/mol. The molecule has 0 amide bonds. The van der Waals surface area contributed by atoms with Gasteiger partial charge in [0.25, 0.3) is 0 Å². The van der Waals surface area contributed by atoms with Crippen LogP contribution < -0.4 is 15.8 Å². The van der Waals surface area contributed by atoms with E-state index in [4.69, 9.17) is 0 Å². The van der Waals surface area contributed by atoms with Crippen LogP contribution in [0.4, 0.5) is 5.69 Å². The molecule has 2 saturated carbocycles. The third-order valence-corrected chi connectivity index (χ3v) is 8.90. The van der Waals surface area contributed by atoms with Gasteiger partial charge in [0, 0.05) is 12.2 Å². The molecule has 2 heteroatoms. The molecule has 0 bridgehead atoms. The van der Waals surface area contributed by atoms with Crippen molar-refractivity contribution in [2.45, 2.75) is 79.6 Å². The van der Waals surface area contributed by atoms with E-state index >= 15 is 0 Å². The summed E-state index contributed by atoms with van der Waals surface area (Å²) in [6.45, 7) is 26.0. The van der Waals surface area contributed by atoms with E-state index in [0.29, 0.717) is 17.8 Å². The SMILES string of the molecule is C=C1CCCC2C1(C)CCC(C)C2(C)Cc1c(C#N)c(=C)cc(NCCC(C)C)c1=C. The molecule has 3 rings (SSSR count). The zero-order valence-electron chi connectivity index (χ0n) is 20.5. The van der Waals surface area contributed by atoms with Gasteiger partial charge in [-0.3, -0.25) is 0 Å². The Morgan fingerprint density at radius 2 is 1.94 bits per heavy atom. The summed E-state index contributed by atoms with van der Waals surface area (Å²) in [5, 5.41) is 15.4. The Hall–Kier alpha value is -2.01. The van der Waals surface area contributed by atoms with Crippen molar-refractivity contribution in [3.05, 3.63) is 39.8 Å². The smallest absolute Gasteiger partial charge is 0.100 e. The molecule has 1 aromatic rings. The molecule has 31 heavy (non-hydrogen) atoms. The van der Waals surface area contributed by atoms with Crippen molar-refractivity contribution in [2.24, 2.45) is 28.6 Å². The van der Waals surface area contributed by atoms with Crippen LogP contribution in [0.1, 0.15) is 84.3 Å². The molecule has 4 unspecified atom stereocenters. The van der Waals surface area contributed by atoms with Crippen molar-refractivity contribution in [3.63, 3.8) is 0 Å². The van der Waals surface area contributed by atoms with E-state index in [2.05, 4.69) is 65.7 Å². The van der Waals surface area contributed by atoms with Crippen LogP contribution in [0.5, 0.6) is 0 Å². The maximum atomic E-state index is 10.0. The lowest BCUT2D eigenvalue weighted by atomic mass is 9.46. The van der Waals surface area contributed by atoms with E-state index in [9.17, 15) is 5.26 Å². The van der Waals surface area contributed by atoms with Gasteiger partial charge >= 0.3 is 0 Å². The van der Waals surface area contributed by atoms with E-state index < -0.39 is 0 Å². The summed E-state index contributed by atoms with van der Waals surface area (Å²) < 4.78 is 0. The summed E-state index contributed by atoms with van der Waals surface area (Å²) in [6.07, 6.45) is 8.13. The third-order valence-electron chi connectivity index (χ3n) is 8.90. The van der Waals surface area contributed by atoms with Crippen molar-refractivity contribution in [1.82, 2.24) is 0 Å². The number of nitriles is 1. The quantitative estimate of drug-likeness (QED) is 0.560. The number of hydrogen-bond acceptors (Lipinski definition) is 2. The van der Waals surface area contributed by atoms with Crippen LogP contribution in [-0.4, -0.2) is 6.54 Å². The summed E-state index contributed by atoms with van der Waals surface area (Å²) >= 11 is 0. The predicted octanol–water partition coefficient (Wildman–Crippen LogP) is 6.18. The average molecular weight is 419 g/mol. The van der Waals surface area contributed by atoms with E-state index in [0.717, 1.165) is 46.6 Å². The number of rotatable bonds is 6. The lowest BCUT2D eigenvalue weighted by molar-refractivity contribution is -0.0490. The van der Waals surface area contributed by atoms with Crippen LogP contribution in [0, 0.1) is 39.9 Å². The van der Waals surface area contributed by atoms with Crippen LogP contribution in [0.2, 0.25) is 0 Å². The average Bonchev–Trinajstić information content (AvgIpc) is 2.70. The van der Waals surface area contributed by atoms with Crippen molar-refractivity contribution < 1.29 is 0 Å². The number of fused-ring (bicyclic) bond motifs is 1. The summed E-state index contributed by atoms with van der Waals surface area (Å²) in [5.41, 5.74) is 4.67. The molecule has 1 aromatic carbocycles. The Labute approximate surface area is 190 Å². The first-order valence-electron chi connectivity index (χ1n) is 12.2. The maximum absolute atomic E-state index is 10.0. The second-order valence-corrected chi connectivity index (χ2v) is 11.2. The summed E-state index contributed by atoms with van der Waals surface area (Å²) in [5.74, 6) is 1.85. The molecule has 0 aliphatic heterocycles. The standard InChI is InChI=1S/C29H42N2/c1-19(2)13-15-31-26-16-20(3)25(18-30)24(23(26)6)17-29(8)22(5)12-14-28(7)21(4)10-9-11-27(28)29/h16,19,22,27,31H,3-4,6,9-15,17H2,1-2,5,7-8H3. The fourth-order valence-electron chi connectivity index (χ4n) is 6.47. The number of hydrogen-bond donors (Lipinski definition) is 1. The van der Waals surface area contributed by atoms with E-state index in [1.165, 1.54) is 37.7 Å². The van der Waals surface area contributed by atoms with Crippen molar-refractivity contribution in [3.8, 4) is 6.07 Å². The molecule has 0 radical (unpaired) electrons. The fraction of sp³-hybridized carbons (Fsp3) is 0.621. The molecule has 168 valence electrons. The molecule has 1 N–H and O–H groups in total. The lowest BCUT2D eigenvalue weighted by Gasteiger charge is -2.59. The molecule has 2 aliphatic rings. The van der Waals surface area contributed by atoms with Crippen molar-refractivity contribution in [1.29, 1.82) is 5.26 Å². The largest absolute Gasteiger partial charge is 0.385 e. The second kappa shape index (κ2) is 8.85. The second-order valence-electron chi connectivity index (χ2n) is 11.2. The Balaban J connectivity index is 2.04. The zero-order valence-corrected chi connectivity index (χ0v) is 20.5. The lowest BCUT2D eigenvalue weighted by Crippen LogP contribution is -2.51. The molecule has 0 spiro atoms. The minimum absolute atomic E-state index is 0.122. The molecule has 2 aliphatic carbocycles. The Morgan fingerprint density at radius 3 is 2.58 bits per heavy atom. The molecule has 0 heterocycles. The van der Waals surface area contributed by atoms with Gasteiger partial charge in [-0.1, -0.05) is 59.9 Å². The minimum Gasteiger partial charge on any atom is -0.385 e. The van der Waals surface area contributed by atoms with Crippen LogP contribution in [0.15, 0.2) is 18.2 Å². The van der Waals surface area contributed by atoms with Gasteiger partial charge < -0.3 is 5.32 Å². The number of nitrogens with zero attached hydrogens (tertiary/aromatic N) is 1. The van der Waals surface area contributed by atoms with Crippen molar-refractivity contribution in [2.75, 3.05) is 11.9 Å². The van der Waals surface area contributed by atoms with Gasteiger partial charge in [-0.15, -0.1) is 0 Å². The van der Waals surface area contributed by atoms with Gasteiger partial charge in [0.2, 0.25) is 0 Å². The number of benzene rings is 1. The van der Waals surface area contributed by atoms with Gasteiger partial charge in [0.15, 0.2) is 0 Å². The van der Waals surface area contributed by atoms with Crippen LogP contribution >= 0.6 is 0 Å². The van der Waals surface area contributed by atoms with Crippen molar-refractivity contribution >= 4 is 18.8 Å². The molecule has 0 saturated heterocycles. The summed E-state index contributed by atoms with van der Waals surface area (Å²) in [4.78, 5) is 0. The van der Waals surface area contributed by atoms with E-state index in [1.807, 2.05) is 6.07 Å². The van der Waals surface area contributed by atoms with Crippen LogP contribution in [0.3, 0.4) is 0 Å². The summed E-state index contributed by atoms with van der Waals surface area (Å²) in [6, 6.07) is 4.49. The molecule has 4 atom stereocenters. The molecule has 0 aromatic heterocycles. The minimum atomic E-state index is 0.122. The zero-order chi connectivity index (χ0) is 23.0. The molecule has 2 nitrogen and oxygen atoms in total. The topological polar surface area (TPSA) is 35.8 Å². The number of anilines is 1. The first kappa shape index (κ1) is 23.6. The number of allylic oxidation sites excluding steroid dienone is 1. The molecule has 2 fully saturated rings. The third kappa shape index (κ3) is 4.21. The highest BCUT2D eigenvalue weighted by atomic mass is 14.9. The first-order valence-corrected chi connectivity index (χ1v) is 12.2. The highest BCUT2D eigenvalue weighted by Gasteiger charge is 2.54. The maximum Gasteiger partial charge on any atom is 0.100 e. The van der Waals surface area contributed by atoms with Crippen LogP contribution in [0.25, 0.3) is 13.2 Å². The van der Waals surface area contributed by atoms with Gasteiger partial charge in [0.05, 0.1) is 5.56 Å². The Kier molecular flexibility index (Phi) is 6.75. The Bertz CT molecular complexity index is 981. The summed E-state index contributed by atoms with van der Waals surface area (Å²) in [7, 11) is 0. The first-order chi connectivity index (χ1) is 14.5. The van der Waals surface area contributed by atoms with Gasteiger partial charge in [-0.2, -0.15) is 5.26 Å². The number of nitrogens with one attached hydrogen (secondary N) is 1. The van der Waals surface area contributed by atoms with E-state index in [-0.39, 0.29) is 10.8 Å². The van der Waals surface area contributed by atoms with Gasteiger partial charge in [-0.25, -0.2) is 0 Å². The molecular formula is C29H42N2. The fourth-order valence-corrected chi connectivity index (χ4v) is 6.47. The normalized spacial score (nSPS) is 30.7. The Morgan fingerprint density at radius 1 is 1.23 bits per heavy atom. The van der Waals surface area contributed by atoms with Gasteiger partial charge in [0.1, 0.15) is 6.07 Å². The highest BCUT2D eigenvalue weighted by Crippen LogP contribution is 2.62. The van der Waals surface area contributed by atoms with Gasteiger partial charge in [-0.05, 0) is 95.6 Å². The monoisotopic (exact) mass is 418 g/mol. The van der Waals surface area contributed by atoms with Crippen LogP contribution in [-0.2, 0) is 6.42 Å². The van der Waals surface area contributed by atoms with E-state index in [1.54, 1.807) is 0 Å². The highest BCUT2D eigenvalue weighted by molar-refractivity contribution is 5.56. The predicted molar refractivity (Wildman–Crippen MR) is 134 cm³/mol.